The van der Waals surface area contributed by atoms with E-state index in [0.29, 0.717) is 0 Å². The Morgan fingerprint density at radius 2 is 1.88 bits per heavy atom. The van der Waals surface area contributed by atoms with Crippen molar-refractivity contribution in [2.24, 2.45) is 11.8 Å². The summed E-state index contributed by atoms with van der Waals surface area (Å²) in [5, 5.41) is 1.14. The Morgan fingerprint density at radius 3 is 2.44 bits per heavy atom. The fourth-order valence-electron chi connectivity index (χ4n) is 1.78. The molecule has 1 aromatic rings. The SMILES string of the molecule is CC(C)CC(CBr)CCSc1ccccc1. The molecule has 0 saturated carbocycles. The predicted octanol–water partition coefficient (Wildman–Crippen LogP) is 5.23. The minimum absolute atomic E-state index is 0.810. The van der Waals surface area contributed by atoms with Crippen LogP contribution in [0.5, 0.6) is 0 Å². The first kappa shape index (κ1) is 14.1. The zero-order valence-corrected chi connectivity index (χ0v) is 12.6. The van der Waals surface area contributed by atoms with Crippen molar-refractivity contribution in [2.45, 2.75) is 31.6 Å². The number of halogens is 1. The molecule has 0 saturated heterocycles. The third kappa shape index (κ3) is 5.95. The molecule has 0 spiro atoms. The number of thioether (sulfide) groups is 1. The summed E-state index contributed by atoms with van der Waals surface area (Å²) in [5.74, 6) is 2.87. The van der Waals surface area contributed by atoms with Gasteiger partial charge in [-0.05, 0) is 42.6 Å². The fraction of sp³-hybridized carbons (Fsp3) is 0.571. The molecular formula is C14H21BrS. The lowest BCUT2D eigenvalue weighted by molar-refractivity contribution is 0.439. The molecule has 0 nitrogen and oxygen atoms in total. The molecule has 16 heavy (non-hydrogen) atoms. The van der Waals surface area contributed by atoms with Gasteiger partial charge in [-0.15, -0.1) is 11.8 Å². The molecular weight excluding hydrogens is 280 g/mol. The van der Waals surface area contributed by atoms with Gasteiger partial charge in [-0.25, -0.2) is 0 Å². The van der Waals surface area contributed by atoms with Crippen molar-refractivity contribution in [2.75, 3.05) is 11.1 Å². The zero-order valence-electron chi connectivity index (χ0n) is 10.2. The Balaban J connectivity index is 2.23. The number of hydrogen-bond donors (Lipinski definition) is 0. The van der Waals surface area contributed by atoms with Gasteiger partial charge in [-0.2, -0.15) is 0 Å². The molecule has 90 valence electrons. The van der Waals surface area contributed by atoms with E-state index in [4.69, 9.17) is 0 Å². The van der Waals surface area contributed by atoms with E-state index in [1.165, 1.54) is 23.5 Å². The van der Waals surface area contributed by atoms with E-state index in [9.17, 15) is 0 Å². The van der Waals surface area contributed by atoms with Crippen LogP contribution in [0.3, 0.4) is 0 Å². The summed E-state index contributed by atoms with van der Waals surface area (Å²) in [5.41, 5.74) is 0. The standard InChI is InChI=1S/C14H21BrS/c1-12(2)10-13(11-15)8-9-16-14-6-4-3-5-7-14/h3-7,12-13H,8-11H2,1-2H3. The second kappa shape index (κ2) is 8.19. The largest absolute Gasteiger partial charge is 0.126 e. The van der Waals surface area contributed by atoms with Gasteiger partial charge >= 0.3 is 0 Å². The van der Waals surface area contributed by atoms with Crippen molar-refractivity contribution in [3.63, 3.8) is 0 Å². The molecule has 0 N–H and O–H groups in total. The molecule has 1 unspecified atom stereocenters. The van der Waals surface area contributed by atoms with Crippen molar-refractivity contribution in [3.05, 3.63) is 30.3 Å². The topological polar surface area (TPSA) is 0 Å². The molecule has 0 aromatic heterocycles. The maximum atomic E-state index is 3.62. The predicted molar refractivity (Wildman–Crippen MR) is 78.5 cm³/mol. The molecule has 0 heterocycles. The van der Waals surface area contributed by atoms with Gasteiger partial charge in [0, 0.05) is 10.2 Å². The number of benzene rings is 1. The van der Waals surface area contributed by atoms with Crippen LogP contribution in [0.25, 0.3) is 0 Å². The summed E-state index contributed by atoms with van der Waals surface area (Å²) in [6, 6.07) is 10.7. The highest BCUT2D eigenvalue weighted by Crippen LogP contribution is 2.23. The molecule has 0 radical (unpaired) electrons. The zero-order chi connectivity index (χ0) is 11.8. The van der Waals surface area contributed by atoms with E-state index in [2.05, 4.69) is 60.1 Å². The minimum Gasteiger partial charge on any atom is -0.126 e. The average molecular weight is 301 g/mol. The lowest BCUT2D eigenvalue weighted by atomic mass is 9.97. The molecule has 2 heteroatoms. The number of hydrogen-bond acceptors (Lipinski definition) is 1. The van der Waals surface area contributed by atoms with E-state index in [1.807, 2.05) is 11.8 Å². The maximum absolute atomic E-state index is 3.62. The second-order valence-corrected chi connectivity index (χ2v) is 6.42. The summed E-state index contributed by atoms with van der Waals surface area (Å²) in [7, 11) is 0. The smallest absolute Gasteiger partial charge is 0.00719 e. The third-order valence-electron chi connectivity index (χ3n) is 2.56. The monoisotopic (exact) mass is 300 g/mol. The van der Waals surface area contributed by atoms with Gasteiger partial charge in [0.25, 0.3) is 0 Å². The first-order chi connectivity index (χ1) is 7.72. The van der Waals surface area contributed by atoms with Crippen LogP contribution in [0.1, 0.15) is 26.7 Å². The highest BCUT2D eigenvalue weighted by Gasteiger charge is 2.09. The fourth-order valence-corrected chi connectivity index (χ4v) is 3.41. The van der Waals surface area contributed by atoms with E-state index in [0.717, 1.165) is 17.2 Å². The van der Waals surface area contributed by atoms with Gasteiger partial charge in [-0.3, -0.25) is 0 Å². The van der Waals surface area contributed by atoms with E-state index < -0.39 is 0 Å². The van der Waals surface area contributed by atoms with Crippen molar-refractivity contribution < 1.29 is 0 Å². The first-order valence-corrected chi connectivity index (χ1v) is 8.07. The van der Waals surface area contributed by atoms with Crippen molar-refractivity contribution in [1.82, 2.24) is 0 Å². The van der Waals surface area contributed by atoms with E-state index in [-0.39, 0.29) is 0 Å². The summed E-state index contributed by atoms with van der Waals surface area (Å²) in [4.78, 5) is 1.39. The Hall–Kier alpha value is 0.0500. The Morgan fingerprint density at radius 1 is 1.19 bits per heavy atom. The molecule has 0 aliphatic heterocycles. The van der Waals surface area contributed by atoms with Gasteiger partial charge in [0.05, 0.1) is 0 Å². The van der Waals surface area contributed by atoms with Crippen molar-refractivity contribution in [1.29, 1.82) is 0 Å². The van der Waals surface area contributed by atoms with Gasteiger partial charge in [0.15, 0.2) is 0 Å². The molecule has 0 fully saturated rings. The summed E-state index contributed by atoms with van der Waals surface area (Å²) in [6.45, 7) is 4.61. The highest BCUT2D eigenvalue weighted by molar-refractivity contribution is 9.09. The van der Waals surface area contributed by atoms with Gasteiger partial charge < -0.3 is 0 Å². The normalized spacial score (nSPS) is 13.0. The van der Waals surface area contributed by atoms with Crippen LogP contribution >= 0.6 is 27.7 Å². The molecule has 0 aliphatic carbocycles. The van der Waals surface area contributed by atoms with Crippen LogP contribution in [-0.4, -0.2) is 11.1 Å². The van der Waals surface area contributed by atoms with Crippen LogP contribution in [0.15, 0.2) is 35.2 Å². The van der Waals surface area contributed by atoms with Crippen LogP contribution in [-0.2, 0) is 0 Å². The third-order valence-corrected chi connectivity index (χ3v) is 4.52. The van der Waals surface area contributed by atoms with E-state index in [1.54, 1.807) is 0 Å². The van der Waals surface area contributed by atoms with Gasteiger partial charge in [0.2, 0.25) is 0 Å². The summed E-state index contributed by atoms with van der Waals surface area (Å²) >= 11 is 5.59. The van der Waals surface area contributed by atoms with E-state index >= 15 is 0 Å². The van der Waals surface area contributed by atoms with Crippen molar-refractivity contribution in [3.8, 4) is 0 Å². The molecule has 1 atom stereocenters. The molecule has 0 bridgehead atoms. The lowest BCUT2D eigenvalue weighted by Gasteiger charge is -2.15. The van der Waals surface area contributed by atoms with Gasteiger partial charge in [-0.1, -0.05) is 48.0 Å². The molecule has 0 aliphatic rings. The highest BCUT2D eigenvalue weighted by atomic mass is 79.9. The summed E-state index contributed by atoms with van der Waals surface area (Å²) < 4.78 is 0. The number of alkyl halides is 1. The molecule has 1 rings (SSSR count). The Labute approximate surface area is 112 Å². The average Bonchev–Trinajstić information content (AvgIpc) is 2.28. The first-order valence-electron chi connectivity index (χ1n) is 5.96. The Bertz CT molecular complexity index is 271. The maximum Gasteiger partial charge on any atom is 0.00719 e. The summed E-state index contributed by atoms with van der Waals surface area (Å²) in [6.07, 6.45) is 2.64. The Kier molecular flexibility index (Phi) is 7.22. The van der Waals surface area contributed by atoms with Crippen LogP contribution in [0, 0.1) is 11.8 Å². The molecule has 1 aromatic carbocycles. The molecule has 0 amide bonds. The second-order valence-electron chi connectivity index (χ2n) is 4.60. The quantitative estimate of drug-likeness (QED) is 0.491. The lowest BCUT2D eigenvalue weighted by Crippen LogP contribution is -2.07. The van der Waals surface area contributed by atoms with Crippen LogP contribution in [0.2, 0.25) is 0 Å². The minimum atomic E-state index is 0.810. The van der Waals surface area contributed by atoms with Crippen molar-refractivity contribution >= 4 is 27.7 Å². The van der Waals surface area contributed by atoms with Crippen LogP contribution < -0.4 is 0 Å². The van der Waals surface area contributed by atoms with Gasteiger partial charge in [0.1, 0.15) is 0 Å². The number of rotatable bonds is 7. The van der Waals surface area contributed by atoms with Crippen LogP contribution in [0.4, 0.5) is 0 Å².